The Kier molecular flexibility index (Phi) is 4.69. The summed E-state index contributed by atoms with van der Waals surface area (Å²) in [6, 6.07) is 19.6. The molecule has 0 aromatic heterocycles. The SMILES string of the molecule is OC[C@@H](Cc1ccccc1)NC1CCCc2ccccc21. The van der Waals surface area contributed by atoms with Gasteiger partial charge in [0.2, 0.25) is 0 Å². The lowest BCUT2D eigenvalue weighted by molar-refractivity contribution is 0.225. The lowest BCUT2D eigenvalue weighted by Gasteiger charge is -2.30. The lowest BCUT2D eigenvalue weighted by Crippen LogP contribution is -2.38. The third-order valence-corrected chi connectivity index (χ3v) is 4.35. The molecule has 0 spiro atoms. The van der Waals surface area contributed by atoms with Crippen LogP contribution in [0.2, 0.25) is 0 Å². The van der Waals surface area contributed by atoms with E-state index in [1.54, 1.807) is 0 Å². The van der Waals surface area contributed by atoms with E-state index >= 15 is 0 Å². The van der Waals surface area contributed by atoms with Gasteiger partial charge in [0.15, 0.2) is 0 Å². The van der Waals surface area contributed by atoms with E-state index in [4.69, 9.17) is 0 Å². The summed E-state index contributed by atoms with van der Waals surface area (Å²) in [5.74, 6) is 0. The van der Waals surface area contributed by atoms with E-state index in [2.05, 4.69) is 53.8 Å². The Morgan fingerprint density at radius 2 is 1.81 bits per heavy atom. The maximum Gasteiger partial charge on any atom is 0.0588 e. The molecule has 3 rings (SSSR count). The Morgan fingerprint density at radius 3 is 2.62 bits per heavy atom. The molecule has 0 fully saturated rings. The first-order valence-corrected chi connectivity index (χ1v) is 7.85. The van der Waals surface area contributed by atoms with Crippen LogP contribution in [0.5, 0.6) is 0 Å². The van der Waals surface area contributed by atoms with Crippen LogP contribution in [0.15, 0.2) is 54.6 Å². The number of fused-ring (bicyclic) bond motifs is 1. The fourth-order valence-electron chi connectivity index (χ4n) is 3.29. The summed E-state index contributed by atoms with van der Waals surface area (Å²) in [7, 11) is 0. The molecule has 2 atom stereocenters. The van der Waals surface area contributed by atoms with Crippen molar-refractivity contribution in [2.75, 3.05) is 6.61 Å². The number of hydrogen-bond donors (Lipinski definition) is 2. The van der Waals surface area contributed by atoms with Crippen LogP contribution in [0.4, 0.5) is 0 Å². The van der Waals surface area contributed by atoms with Gasteiger partial charge in [-0.2, -0.15) is 0 Å². The standard InChI is InChI=1S/C19H23NO/c21-14-17(13-15-7-2-1-3-8-15)20-19-12-6-10-16-9-4-5-11-18(16)19/h1-5,7-9,11,17,19-21H,6,10,12-14H2/t17-,19?/m1/s1. The van der Waals surface area contributed by atoms with Crippen molar-refractivity contribution in [3.05, 3.63) is 71.3 Å². The van der Waals surface area contributed by atoms with Crippen LogP contribution in [0.1, 0.15) is 35.6 Å². The largest absolute Gasteiger partial charge is 0.395 e. The fraction of sp³-hybridized carbons (Fsp3) is 0.368. The first-order chi connectivity index (χ1) is 10.4. The highest BCUT2D eigenvalue weighted by molar-refractivity contribution is 5.32. The minimum atomic E-state index is 0.114. The molecule has 0 amide bonds. The fourth-order valence-corrected chi connectivity index (χ4v) is 3.29. The van der Waals surface area contributed by atoms with E-state index < -0.39 is 0 Å². The van der Waals surface area contributed by atoms with Gasteiger partial charge in [0, 0.05) is 12.1 Å². The van der Waals surface area contributed by atoms with Crippen LogP contribution in [0.25, 0.3) is 0 Å². The summed E-state index contributed by atoms with van der Waals surface area (Å²) in [4.78, 5) is 0. The monoisotopic (exact) mass is 281 g/mol. The molecule has 0 saturated carbocycles. The highest BCUT2D eigenvalue weighted by Crippen LogP contribution is 2.29. The number of rotatable bonds is 5. The third-order valence-electron chi connectivity index (χ3n) is 4.35. The Bertz CT molecular complexity index is 567. The molecule has 1 aliphatic carbocycles. The van der Waals surface area contributed by atoms with Gasteiger partial charge in [0.25, 0.3) is 0 Å². The number of aliphatic hydroxyl groups is 1. The van der Waals surface area contributed by atoms with Crippen molar-refractivity contribution in [1.29, 1.82) is 0 Å². The summed E-state index contributed by atoms with van der Waals surface area (Å²) in [5, 5.41) is 13.4. The minimum Gasteiger partial charge on any atom is -0.395 e. The maximum absolute atomic E-state index is 9.70. The molecular weight excluding hydrogens is 258 g/mol. The van der Waals surface area contributed by atoms with E-state index in [0.717, 1.165) is 12.8 Å². The van der Waals surface area contributed by atoms with E-state index in [9.17, 15) is 5.11 Å². The number of benzene rings is 2. The van der Waals surface area contributed by atoms with Crippen molar-refractivity contribution in [3.63, 3.8) is 0 Å². The van der Waals surface area contributed by atoms with Crippen molar-refractivity contribution in [2.24, 2.45) is 0 Å². The van der Waals surface area contributed by atoms with Gasteiger partial charge < -0.3 is 10.4 Å². The molecule has 21 heavy (non-hydrogen) atoms. The topological polar surface area (TPSA) is 32.3 Å². The van der Waals surface area contributed by atoms with Gasteiger partial charge in [-0.3, -0.25) is 0 Å². The van der Waals surface area contributed by atoms with E-state index in [1.165, 1.54) is 29.5 Å². The molecule has 0 saturated heterocycles. The molecule has 1 aliphatic rings. The number of aryl methyl sites for hydroxylation is 1. The minimum absolute atomic E-state index is 0.114. The molecule has 2 N–H and O–H groups in total. The predicted octanol–water partition coefficient (Wildman–Crippen LogP) is 3.26. The third kappa shape index (κ3) is 3.52. The zero-order valence-corrected chi connectivity index (χ0v) is 12.3. The van der Waals surface area contributed by atoms with Crippen LogP contribution in [-0.2, 0) is 12.8 Å². The number of hydrogen-bond acceptors (Lipinski definition) is 2. The molecule has 2 aromatic carbocycles. The van der Waals surface area contributed by atoms with Crippen molar-refractivity contribution in [2.45, 2.75) is 37.8 Å². The van der Waals surface area contributed by atoms with Crippen LogP contribution >= 0.6 is 0 Å². The van der Waals surface area contributed by atoms with Gasteiger partial charge in [-0.25, -0.2) is 0 Å². The second kappa shape index (κ2) is 6.88. The van der Waals surface area contributed by atoms with Crippen LogP contribution < -0.4 is 5.32 Å². The van der Waals surface area contributed by atoms with Gasteiger partial charge in [0.1, 0.15) is 0 Å². The molecule has 0 radical (unpaired) electrons. The zero-order valence-electron chi connectivity index (χ0n) is 12.3. The molecule has 110 valence electrons. The van der Waals surface area contributed by atoms with Gasteiger partial charge in [-0.05, 0) is 42.4 Å². The molecule has 0 aliphatic heterocycles. The Hall–Kier alpha value is -1.64. The number of nitrogens with one attached hydrogen (secondary N) is 1. The van der Waals surface area contributed by atoms with E-state index in [1.807, 2.05) is 6.07 Å². The molecule has 0 bridgehead atoms. The first-order valence-electron chi connectivity index (χ1n) is 7.85. The Morgan fingerprint density at radius 1 is 1.05 bits per heavy atom. The van der Waals surface area contributed by atoms with Crippen LogP contribution in [-0.4, -0.2) is 17.8 Å². The van der Waals surface area contributed by atoms with Crippen molar-refractivity contribution in [1.82, 2.24) is 5.32 Å². The van der Waals surface area contributed by atoms with Crippen molar-refractivity contribution < 1.29 is 5.11 Å². The summed E-state index contributed by atoms with van der Waals surface area (Å²) in [6.07, 6.45) is 4.42. The van der Waals surface area contributed by atoms with Gasteiger partial charge in [0.05, 0.1) is 6.61 Å². The highest BCUT2D eigenvalue weighted by Gasteiger charge is 2.22. The smallest absolute Gasteiger partial charge is 0.0588 e. The zero-order chi connectivity index (χ0) is 14.5. The summed E-state index contributed by atoms with van der Waals surface area (Å²) >= 11 is 0. The Labute approximate surface area is 126 Å². The summed E-state index contributed by atoms with van der Waals surface area (Å²) in [6.45, 7) is 0.174. The van der Waals surface area contributed by atoms with E-state index in [-0.39, 0.29) is 12.6 Å². The molecule has 2 heteroatoms. The van der Waals surface area contributed by atoms with E-state index in [0.29, 0.717) is 6.04 Å². The summed E-state index contributed by atoms with van der Waals surface area (Å²) < 4.78 is 0. The molecular formula is C19H23NO. The van der Waals surface area contributed by atoms with Crippen LogP contribution in [0.3, 0.4) is 0 Å². The predicted molar refractivity (Wildman–Crippen MR) is 86.3 cm³/mol. The molecule has 2 aromatic rings. The first kappa shape index (κ1) is 14.3. The maximum atomic E-state index is 9.70. The average molecular weight is 281 g/mol. The number of aliphatic hydroxyl groups excluding tert-OH is 1. The normalized spacial score (nSPS) is 19.0. The second-order valence-electron chi connectivity index (χ2n) is 5.88. The second-order valence-corrected chi connectivity index (χ2v) is 5.88. The van der Waals surface area contributed by atoms with Gasteiger partial charge in [-0.1, -0.05) is 54.6 Å². The van der Waals surface area contributed by atoms with Gasteiger partial charge >= 0.3 is 0 Å². The lowest BCUT2D eigenvalue weighted by atomic mass is 9.87. The van der Waals surface area contributed by atoms with Gasteiger partial charge in [-0.15, -0.1) is 0 Å². The van der Waals surface area contributed by atoms with Crippen LogP contribution in [0, 0.1) is 0 Å². The molecule has 2 nitrogen and oxygen atoms in total. The quantitative estimate of drug-likeness (QED) is 0.881. The Balaban J connectivity index is 1.70. The summed E-state index contributed by atoms with van der Waals surface area (Å²) in [5.41, 5.74) is 4.14. The van der Waals surface area contributed by atoms with Crippen molar-refractivity contribution >= 4 is 0 Å². The molecule has 0 heterocycles. The average Bonchev–Trinajstić information content (AvgIpc) is 2.55. The van der Waals surface area contributed by atoms with Crippen molar-refractivity contribution in [3.8, 4) is 0 Å². The highest BCUT2D eigenvalue weighted by atomic mass is 16.3. The molecule has 1 unspecified atom stereocenters.